The number of anilines is 3. The Hall–Kier alpha value is -7.36. The van der Waals surface area contributed by atoms with Gasteiger partial charge in [0.2, 0.25) is 0 Å². The monoisotopic (exact) mass is 715 g/mol. The topological polar surface area (TPSA) is 25.6 Å². The Morgan fingerprint density at radius 2 is 1.05 bits per heavy atom. The number of furan rings is 1. The highest BCUT2D eigenvalue weighted by Crippen LogP contribution is 2.64. The average molecular weight is 716 g/mol. The third-order valence-corrected chi connectivity index (χ3v) is 11.9. The minimum absolute atomic E-state index is 0.595. The first-order valence-corrected chi connectivity index (χ1v) is 19.2. The van der Waals surface area contributed by atoms with Gasteiger partial charge in [-0.3, -0.25) is 0 Å². The molecule has 3 heteroatoms. The van der Waals surface area contributed by atoms with Crippen molar-refractivity contribution in [3.63, 3.8) is 0 Å². The van der Waals surface area contributed by atoms with Crippen molar-refractivity contribution in [3.05, 3.63) is 222 Å². The van der Waals surface area contributed by atoms with Gasteiger partial charge < -0.3 is 14.1 Å². The standard InChI is InChI=1S/C53H33NO2/c1-2-16-37(17-3-1)54(47-25-13-22-43-41-19-7-10-26-48(41)56-52(43)47)38-30-28-34(29-31-38)39-20-12-21-42-40-18-6-8-23-44(40)53(51(39)42)45-24-9-11-27-49(45)55-50-33-36-15-5-4-14-35(36)32-46(50)53/h1-33H. The second-order valence-corrected chi connectivity index (χ2v) is 14.8. The van der Waals surface area contributed by atoms with Crippen molar-refractivity contribution in [2.75, 3.05) is 4.90 Å². The highest BCUT2D eigenvalue weighted by atomic mass is 16.5. The molecule has 10 aromatic rings. The van der Waals surface area contributed by atoms with E-state index in [4.69, 9.17) is 9.15 Å². The van der Waals surface area contributed by atoms with Gasteiger partial charge in [0.25, 0.3) is 0 Å². The van der Waals surface area contributed by atoms with Gasteiger partial charge in [-0.15, -0.1) is 0 Å². The first-order valence-electron chi connectivity index (χ1n) is 19.2. The van der Waals surface area contributed by atoms with E-state index in [1.807, 2.05) is 12.1 Å². The SMILES string of the molecule is c1ccc(N(c2ccc(-c3cccc4c3C3(c5ccccc5Oc5cc6ccccc6cc53)c3ccccc3-4)cc2)c2cccc3c2oc2ccccc23)cc1. The minimum Gasteiger partial charge on any atom is -0.457 e. The lowest BCUT2D eigenvalue weighted by Gasteiger charge is -2.40. The Balaban J connectivity index is 1.08. The van der Waals surface area contributed by atoms with Crippen LogP contribution >= 0.6 is 0 Å². The second-order valence-electron chi connectivity index (χ2n) is 14.8. The second kappa shape index (κ2) is 11.8. The first-order chi connectivity index (χ1) is 27.8. The summed E-state index contributed by atoms with van der Waals surface area (Å²) in [7, 11) is 0. The van der Waals surface area contributed by atoms with Crippen molar-refractivity contribution >= 4 is 49.8 Å². The maximum atomic E-state index is 6.81. The summed E-state index contributed by atoms with van der Waals surface area (Å²) in [4.78, 5) is 2.30. The molecule has 0 bridgehead atoms. The molecule has 0 fully saturated rings. The van der Waals surface area contributed by atoms with Gasteiger partial charge in [0.15, 0.2) is 5.58 Å². The van der Waals surface area contributed by atoms with E-state index in [9.17, 15) is 0 Å². The van der Waals surface area contributed by atoms with Crippen molar-refractivity contribution in [1.29, 1.82) is 0 Å². The Bertz CT molecular complexity index is 3180. The third-order valence-electron chi connectivity index (χ3n) is 11.9. The van der Waals surface area contributed by atoms with Gasteiger partial charge in [0.1, 0.15) is 17.1 Å². The Labute approximate surface area is 324 Å². The lowest BCUT2D eigenvalue weighted by Crippen LogP contribution is -2.32. The van der Waals surface area contributed by atoms with E-state index in [1.54, 1.807) is 0 Å². The largest absolute Gasteiger partial charge is 0.457 e. The lowest BCUT2D eigenvalue weighted by molar-refractivity contribution is 0.437. The van der Waals surface area contributed by atoms with Crippen molar-refractivity contribution in [2.45, 2.75) is 5.41 Å². The molecule has 1 aliphatic heterocycles. The summed E-state index contributed by atoms with van der Waals surface area (Å²) >= 11 is 0. The first kappa shape index (κ1) is 31.0. The van der Waals surface area contributed by atoms with Crippen molar-refractivity contribution in [3.8, 4) is 33.8 Å². The smallest absolute Gasteiger partial charge is 0.159 e. The zero-order valence-electron chi connectivity index (χ0n) is 30.3. The number of para-hydroxylation sites is 4. The molecule has 1 unspecified atom stereocenters. The Kier molecular flexibility index (Phi) is 6.55. The van der Waals surface area contributed by atoms with E-state index in [-0.39, 0.29) is 0 Å². The highest BCUT2D eigenvalue weighted by molar-refractivity contribution is 6.10. The number of ether oxygens (including phenoxy) is 1. The number of hydrogen-bond donors (Lipinski definition) is 0. The molecular formula is C53H33NO2. The van der Waals surface area contributed by atoms with E-state index < -0.39 is 5.41 Å². The predicted molar refractivity (Wildman–Crippen MR) is 229 cm³/mol. The molecule has 0 saturated heterocycles. The summed E-state index contributed by atoms with van der Waals surface area (Å²) in [6.45, 7) is 0. The number of benzene rings is 9. The summed E-state index contributed by atoms with van der Waals surface area (Å²) in [5, 5.41) is 4.58. The fourth-order valence-electron chi connectivity index (χ4n) is 9.59. The summed E-state index contributed by atoms with van der Waals surface area (Å²) in [6.07, 6.45) is 0. The molecule has 9 aromatic carbocycles. The van der Waals surface area contributed by atoms with Crippen LogP contribution in [-0.2, 0) is 5.41 Å². The van der Waals surface area contributed by atoms with Gasteiger partial charge in [-0.05, 0) is 98.8 Å². The number of nitrogens with zero attached hydrogens (tertiary/aromatic N) is 1. The van der Waals surface area contributed by atoms with Gasteiger partial charge >= 0.3 is 0 Å². The van der Waals surface area contributed by atoms with Crippen LogP contribution < -0.4 is 9.64 Å². The molecule has 1 spiro atoms. The van der Waals surface area contributed by atoms with Gasteiger partial charge in [0, 0.05) is 33.3 Å². The molecular weight excluding hydrogens is 683 g/mol. The Morgan fingerprint density at radius 1 is 0.411 bits per heavy atom. The van der Waals surface area contributed by atoms with Gasteiger partial charge in [-0.2, -0.15) is 0 Å². The molecule has 0 amide bonds. The van der Waals surface area contributed by atoms with E-state index in [1.165, 1.54) is 38.8 Å². The molecule has 1 aliphatic carbocycles. The number of rotatable bonds is 4. The molecule has 1 aromatic heterocycles. The predicted octanol–water partition coefficient (Wildman–Crippen LogP) is 14.3. The van der Waals surface area contributed by atoms with Crippen molar-refractivity contribution in [2.24, 2.45) is 0 Å². The number of fused-ring (bicyclic) bond motifs is 13. The fourth-order valence-corrected chi connectivity index (χ4v) is 9.59. The molecule has 3 nitrogen and oxygen atoms in total. The summed E-state index contributed by atoms with van der Waals surface area (Å²) in [5.74, 6) is 1.79. The Morgan fingerprint density at radius 3 is 1.93 bits per heavy atom. The normalized spacial score (nSPS) is 15.0. The quantitative estimate of drug-likeness (QED) is 0.181. The molecule has 0 radical (unpaired) electrons. The van der Waals surface area contributed by atoms with Gasteiger partial charge in [-0.25, -0.2) is 0 Å². The highest BCUT2D eigenvalue weighted by Gasteiger charge is 2.52. The van der Waals surface area contributed by atoms with Crippen molar-refractivity contribution in [1.82, 2.24) is 0 Å². The average Bonchev–Trinajstić information content (AvgIpc) is 3.79. The summed E-state index contributed by atoms with van der Waals surface area (Å²) in [6, 6.07) is 71.9. The van der Waals surface area contributed by atoms with Crippen LogP contribution in [0, 0.1) is 0 Å². The molecule has 1 atom stereocenters. The van der Waals surface area contributed by atoms with Gasteiger partial charge in [0.05, 0.1) is 11.1 Å². The van der Waals surface area contributed by atoms with Crippen LogP contribution in [0.2, 0.25) is 0 Å². The lowest BCUT2D eigenvalue weighted by atomic mass is 9.64. The summed E-state index contributed by atoms with van der Waals surface area (Å²) < 4.78 is 13.4. The number of hydrogen-bond acceptors (Lipinski definition) is 3. The zero-order chi connectivity index (χ0) is 36.8. The molecule has 0 saturated carbocycles. The van der Waals surface area contributed by atoms with Crippen LogP contribution in [0.15, 0.2) is 205 Å². The summed E-state index contributed by atoms with van der Waals surface area (Å²) in [5.41, 5.74) is 14.0. The van der Waals surface area contributed by atoms with E-state index >= 15 is 0 Å². The van der Waals surface area contributed by atoms with Crippen LogP contribution in [0.1, 0.15) is 22.3 Å². The van der Waals surface area contributed by atoms with Gasteiger partial charge in [-0.1, -0.05) is 146 Å². The fraction of sp³-hybridized carbons (Fsp3) is 0.0189. The molecule has 0 N–H and O–H groups in total. The van der Waals surface area contributed by atoms with Crippen molar-refractivity contribution < 1.29 is 9.15 Å². The van der Waals surface area contributed by atoms with Crippen LogP contribution in [-0.4, -0.2) is 0 Å². The maximum absolute atomic E-state index is 6.81. The third kappa shape index (κ3) is 4.28. The zero-order valence-corrected chi connectivity index (χ0v) is 30.3. The molecule has 56 heavy (non-hydrogen) atoms. The molecule has 262 valence electrons. The molecule has 2 heterocycles. The van der Waals surface area contributed by atoms with E-state index in [2.05, 4.69) is 193 Å². The molecule has 12 rings (SSSR count). The van der Waals surface area contributed by atoms with Crippen LogP contribution in [0.3, 0.4) is 0 Å². The van der Waals surface area contributed by atoms with Crippen LogP contribution in [0.5, 0.6) is 11.5 Å². The van der Waals surface area contributed by atoms with E-state index in [0.29, 0.717) is 0 Å². The maximum Gasteiger partial charge on any atom is 0.159 e. The molecule has 2 aliphatic rings. The van der Waals surface area contributed by atoms with E-state index in [0.717, 1.165) is 67.0 Å². The minimum atomic E-state index is -0.595. The van der Waals surface area contributed by atoms with Crippen LogP contribution in [0.4, 0.5) is 17.1 Å². The van der Waals surface area contributed by atoms with Crippen LogP contribution in [0.25, 0.3) is 55.0 Å².